The summed E-state index contributed by atoms with van der Waals surface area (Å²) >= 11 is 0. The Morgan fingerprint density at radius 3 is 2.92 bits per heavy atom. The summed E-state index contributed by atoms with van der Waals surface area (Å²) in [5.74, 6) is 1.18. The van der Waals surface area contributed by atoms with Gasteiger partial charge in [-0.25, -0.2) is 0 Å². The van der Waals surface area contributed by atoms with Crippen LogP contribution in [0.5, 0.6) is 5.75 Å². The number of aryl methyl sites for hydroxylation is 1. The topological polar surface area (TPSA) is 58.5 Å². The lowest BCUT2D eigenvalue weighted by molar-refractivity contribution is 0.139. The molecule has 1 fully saturated rings. The van der Waals surface area contributed by atoms with Crippen molar-refractivity contribution >= 4 is 0 Å². The number of nitrogens with zero attached hydrogens (tertiary/aromatic N) is 3. The third-order valence-corrected chi connectivity index (χ3v) is 4.59. The summed E-state index contributed by atoms with van der Waals surface area (Å²) in [6.07, 6.45) is 6.58. The fraction of sp³-hybridized carbons (Fsp3) is 0.474. The molecule has 0 aliphatic carbocycles. The number of benzene rings is 1. The molecule has 0 unspecified atom stereocenters. The zero-order valence-electron chi connectivity index (χ0n) is 14.1. The van der Waals surface area contributed by atoms with E-state index in [1.54, 1.807) is 18.6 Å². The normalized spacial score (nSPS) is 21.1. The van der Waals surface area contributed by atoms with Gasteiger partial charge in [0, 0.05) is 44.1 Å². The van der Waals surface area contributed by atoms with Crippen molar-refractivity contribution < 1.29 is 9.84 Å². The Hall–Kier alpha value is -1.98. The minimum absolute atomic E-state index is 0.213. The Balaban J connectivity index is 1.47. The quantitative estimate of drug-likeness (QED) is 0.842. The average molecular weight is 327 g/mol. The number of aliphatic hydroxyl groups excluding tert-OH is 1. The van der Waals surface area contributed by atoms with Gasteiger partial charge in [0.1, 0.15) is 12.4 Å². The number of para-hydroxylation sites is 1. The first-order valence-corrected chi connectivity index (χ1v) is 8.62. The summed E-state index contributed by atoms with van der Waals surface area (Å²) in [4.78, 5) is 10.7. The minimum Gasteiger partial charge on any atom is -0.492 e. The molecule has 1 aliphatic heterocycles. The Morgan fingerprint density at radius 2 is 2.12 bits per heavy atom. The van der Waals surface area contributed by atoms with Crippen LogP contribution in [0.4, 0.5) is 0 Å². The predicted molar refractivity (Wildman–Crippen MR) is 93.0 cm³/mol. The monoisotopic (exact) mass is 327 g/mol. The van der Waals surface area contributed by atoms with E-state index in [1.807, 2.05) is 18.2 Å². The van der Waals surface area contributed by atoms with E-state index in [1.165, 1.54) is 5.56 Å². The maximum atomic E-state index is 10.3. The second kappa shape index (κ2) is 8.22. The summed E-state index contributed by atoms with van der Waals surface area (Å²) in [6.45, 7) is 5.17. The Bertz CT molecular complexity index is 636. The number of ether oxygens (including phenoxy) is 1. The fourth-order valence-corrected chi connectivity index (χ4v) is 3.25. The van der Waals surface area contributed by atoms with Gasteiger partial charge in [-0.2, -0.15) is 0 Å². The standard InChI is InChI=1S/C19H25N3O2/c1-2-15-5-3-4-6-19(15)24-10-9-22-13-16(18(23)14-22)11-17-12-20-7-8-21-17/h3-8,12,16,18,23H,2,9-11,13-14H2,1H3/t16-,18-/m1/s1. The van der Waals surface area contributed by atoms with Gasteiger partial charge in [0.25, 0.3) is 0 Å². The Morgan fingerprint density at radius 1 is 1.25 bits per heavy atom. The lowest BCUT2D eigenvalue weighted by Crippen LogP contribution is -2.27. The molecule has 5 nitrogen and oxygen atoms in total. The summed E-state index contributed by atoms with van der Waals surface area (Å²) in [5.41, 5.74) is 2.18. The summed E-state index contributed by atoms with van der Waals surface area (Å²) < 4.78 is 5.93. The molecular weight excluding hydrogens is 302 g/mol. The van der Waals surface area contributed by atoms with Crippen LogP contribution >= 0.6 is 0 Å². The molecule has 2 heterocycles. The van der Waals surface area contributed by atoms with Crippen LogP contribution in [-0.4, -0.2) is 52.3 Å². The molecule has 0 bridgehead atoms. The molecule has 1 aromatic heterocycles. The largest absolute Gasteiger partial charge is 0.492 e. The second-order valence-electron chi connectivity index (χ2n) is 6.30. The predicted octanol–water partition coefficient (Wildman–Crippen LogP) is 1.95. The zero-order valence-corrected chi connectivity index (χ0v) is 14.1. The number of aliphatic hydroxyl groups is 1. The molecule has 5 heteroatoms. The van der Waals surface area contributed by atoms with Gasteiger partial charge in [-0.05, 0) is 24.5 Å². The number of aromatic nitrogens is 2. The van der Waals surface area contributed by atoms with Crippen molar-refractivity contribution in [3.05, 3.63) is 54.1 Å². The number of hydrogen-bond acceptors (Lipinski definition) is 5. The van der Waals surface area contributed by atoms with Crippen LogP contribution in [0.1, 0.15) is 18.2 Å². The molecule has 2 atom stereocenters. The van der Waals surface area contributed by atoms with Crippen molar-refractivity contribution in [3.8, 4) is 5.75 Å². The average Bonchev–Trinajstić information content (AvgIpc) is 2.96. The lowest BCUT2D eigenvalue weighted by Gasteiger charge is -2.17. The highest BCUT2D eigenvalue weighted by Crippen LogP contribution is 2.21. The highest BCUT2D eigenvalue weighted by Gasteiger charge is 2.31. The number of β-amino-alcohol motifs (C(OH)–C–C–N with tert-alkyl or cyclic N) is 1. The first-order chi connectivity index (χ1) is 11.8. The minimum atomic E-state index is -0.310. The second-order valence-corrected chi connectivity index (χ2v) is 6.30. The molecule has 0 spiro atoms. The van der Waals surface area contributed by atoms with E-state index in [0.717, 1.165) is 37.4 Å². The first-order valence-electron chi connectivity index (χ1n) is 8.62. The van der Waals surface area contributed by atoms with Crippen molar-refractivity contribution in [1.82, 2.24) is 14.9 Å². The van der Waals surface area contributed by atoms with E-state index < -0.39 is 0 Å². The smallest absolute Gasteiger partial charge is 0.122 e. The Kier molecular flexibility index (Phi) is 5.77. The van der Waals surface area contributed by atoms with E-state index >= 15 is 0 Å². The van der Waals surface area contributed by atoms with Gasteiger partial charge in [0.15, 0.2) is 0 Å². The van der Waals surface area contributed by atoms with Crippen molar-refractivity contribution in [2.45, 2.75) is 25.9 Å². The molecule has 1 saturated heterocycles. The van der Waals surface area contributed by atoms with Crippen molar-refractivity contribution in [2.24, 2.45) is 5.92 Å². The van der Waals surface area contributed by atoms with Crippen LogP contribution in [-0.2, 0) is 12.8 Å². The molecule has 1 N–H and O–H groups in total. The van der Waals surface area contributed by atoms with E-state index in [-0.39, 0.29) is 12.0 Å². The van der Waals surface area contributed by atoms with Crippen LogP contribution in [0.15, 0.2) is 42.9 Å². The molecule has 0 amide bonds. The van der Waals surface area contributed by atoms with Crippen LogP contribution < -0.4 is 4.74 Å². The number of hydrogen-bond donors (Lipinski definition) is 1. The van der Waals surface area contributed by atoms with Gasteiger partial charge in [0.05, 0.1) is 11.8 Å². The highest BCUT2D eigenvalue weighted by molar-refractivity contribution is 5.33. The summed E-state index contributed by atoms with van der Waals surface area (Å²) in [6, 6.07) is 8.17. The number of rotatable bonds is 7. The van der Waals surface area contributed by atoms with Gasteiger partial charge >= 0.3 is 0 Å². The maximum absolute atomic E-state index is 10.3. The van der Waals surface area contributed by atoms with Crippen molar-refractivity contribution in [1.29, 1.82) is 0 Å². The molecule has 0 radical (unpaired) electrons. The lowest BCUT2D eigenvalue weighted by atomic mass is 10.0. The third kappa shape index (κ3) is 4.30. The fourth-order valence-electron chi connectivity index (χ4n) is 3.25. The van der Waals surface area contributed by atoms with Gasteiger partial charge in [-0.3, -0.25) is 14.9 Å². The van der Waals surface area contributed by atoms with Crippen LogP contribution in [0.3, 0.4) is 0 Å². The van der Waals surface area contributed by atoms with E-state index in [9.17, 15) is 5.11 Å². The molecule has 128 valence electrons. The zero-order chi connectivity index (χ0) is 16.8. The molecule has 1 aromatic carbocycles. The van der Waals surface area contributed by atoms with Gasteiger partial charge in [-0.15, -0.1) is 0 Å². The molecule has 0 saturated carbocycles. The van der Waals surface area contributed by atoms with Gasteiger partial charge in [0.2, 0.25) is 0 Å². The summed E-state index contributed by atoms with van der Waals surface area (Å²) in [7, 11) is 0. The molecular formula is C19H25N3O2. The Labute approximate surface area is 143 Å². The van der Waals surface area contributed by atoms with E-state index in [0.29, 0.717) is 13.2 Å². The van der Waals surface area contributed by atoms with Crippen LogP contribution in [0.2, 0.25) is 0 Å². The van der Waals surface area contributed by atoms with E-state index in [4.69, 9.17) is 4.74 Å². The van der Waals surface area contributed by atoms with Crippen LogP contribution in [0.25, 0.3) is 0 Å². The summed E-state index contributed by atoms with van der Waals surface area (Å²) in [5, 5.41) is 10.3. The van der Waals surface area contributed by atoms with Gasteiger partial charge < -0.3 is 9.84 Å². The van der Waals surface area contributed by atoms with Crippen molar-refractivity contribution in [3.63, 3.8) is 0 Å². The van der Waals surface area contributed by atoms with E-state index in [2.05, 4.69) is 27.9 Å². The first kappa shape index (κ1) is 16.9. The molecule has 2 aromatic rings. The SMILES string of the molecule is CCc1ccccc1OCCN1C[C@@H](Cc2cnccn2)[C@H](O)C1. The third-order valence-electron chi connectivity index (χ3n) is 4.59. The molecule has 24 heavy (non-hydrogen) atoms. The van der Waals surface area contributed by atoms with Crippen LogP contribution in [0, 0.1) is 5.92 Å². The molecule has 1 aliphatic rings. The maximum Gasteiger partial charge on any atom is 0.122 e. The highest BCUT2D eigenvalue weighted by atomic mass is 16.5. The number of likely N-dealkylation sites (tertiary alicyclic amines) is 1. The molecule has 3 rings (SSSR count). The van der Waals surface area contributed by atoms with Crippen molar-refractivity contribution in [2.75, 3.05) is 26.2 Å². The van der Waals surface area contributed by atoms with Gasteiger partial charge in [-0.1, -0.05) is 25.1 Å².